The van der Waals surface area contributed by atoms with Crippen molar-refractivity contribution in [2.45, 2.75) is 25.7 Å². The van der Waals surface area contributed by atoms with Gasteiger partial charge in [-0.05, 0) is 25.3 Å². The largest absolute Gasteiger partial charge is 0.438 e. The summed E-state index contributed by atoms with van der Waals surface area (Å²) in [5.74, 6) is -0.473. The lowest BCUT2D eigenvalue weighted by molar-refractivity contribution is 0.0976. The second-order valence-electron chi connectivity index (χ2n) is 5.27. The van der Waals surface area contributed by atoms with Gasteiger partial charge in [0.05, 0.1) is 0 Å². The first-order chi connectivity index (χ1) is 11.1. The zero-order valence-electron chi connectivity index (χ0n) is 12.3. The van der Waals surface area contributed by atoms with Gasteiger partial charge in [0.2, 0.25) is 5.76 Å². The van der Waals surface area contributed by atoms with Gasteiger partial charge in [-0.3, -0.25) is 4.79 Å². The van der Waals surface area contributed by atoms with Crippen molar-refractivity contribution in [2.75, 3.05) is 23.3 Å². The van der Waals surface area contributed by atoms with Gasteiger partial charge in [-0.2, -0.15) is 0 Å². The number of hydrogen-bond acceptors (Lipinski definition) is 5. The first-order valence-electron chi connectivity index (χ1n) is 7.39. The normalized spacial score (nSPS) is 15.0. The Labute approximate surface area is 131 Å². The highest BCUT2D eigenvalue weighted by Gasteiger charge is 2.24. The van der Waals surface area contributed by atoms with Gasteiger partial charge in [0, 0.05) is 31.0 Å². The van der Waals surface area contributed by atoms with Crippen LogP contribution in [0, 0.1) is 0 Å². The van der Waals surface area contributed by atoms with Gasteiger partial charge < -0.3 is 14.6 Å². The highest BCUT2D eigenvalue weighted by atomic mass is 19.3. The molecule has 1 amide bonds. The number of carbonyl (C=O) groups excluding carboxylic acids is 1. The Hall–Kier alpha value is -2.51. The molecule has 0 bridgehead atoms. The molecular formula is C15H16F2N4O2. The number of nitrogens with one attached hydrogen (secondary N) is 1. The van der Waals surface area contributed by atoms with Crippen LogP contribution in [-0.2, 0) is 0 Å². The Kier molecular flexibility index (Phi) is 4.50. The molecule has 6 nitrogen and oxygen atoms in total. The van der Waals surface area contributed by atoms with Crippen molar-refractivity contribution in [2.24, 2.45) is 0 Å². The minimum absolute atomic E-state index is 0.474. The van der Waals surface area contributed by atoms with Gasteiger partial charge in [0.25, 0.3) is 12.3 Å². The van der Waals surface area contributed by atoms with Gasteiger partial charge in [-0.25, -0.2) is 18.7 Å². The fourth-order valence-corrected chi connectivity index (χ4v) is 2.56. The number of alkyl halides is 2. The number of piperidine rings is 1. The lowest BCUT2D eigenvalue weighted by atomic mass is 10.1. The lowest BCUT2D eigenvalue weighted by Crippen LogP contribution is -2.30. The number of aromatic nitrogens is 2. The van der Waals surface area contributed by atoms with E-state index in [2.05, 4.69) is 20.2 Å². The molecule has 0 aromatic carbocycles. The molecule has 0 radical (unpaired) electrons. The fourth-order valence-electron chi connectivity index (χ4n) is 2.56. The van der Waals surface area contributed by atoms with Gasteiger partial charge in [0.1, 0.15) is 5.82 Å². The fraction of sp³-hybridized carbons (Fsp3) is 0.400. The highest BCUT2D eigenvalue weighted by molar-refractivity contribution is 6.03. The maximum atomic E-state index is 12.7. The zero-order valence-corrected chi connectivity index (χ0v) is 12.3. The average Bonchev–Trinajstić information content (AvgIpc) is 3.06. The molecule has 1 aliphatic rings. The van der Waals surface area contributed by atoms with E-state index in [-0.39, 0.29) is 0 Å². The predicted molar refractivity (Wildman–Crippen MR) is 79.7 cm³/mol. The predicted octanol–water partition coefficient (Wildman–Crippen LogP) is 3.25. The van der Waals surface area contributed by atoms with Gasteiger partial charge >= 0.3 is 0 Å². The summed E-state index contributed by atoms with van der Waals surface area (Å²) >= 11 is 0. The Bertz CT molecular complexity index is 684. The molecule has 0 unspecified atom stereocenters. The molecule has 8 heteroatoms. The van der Waals surface area contributed by atoms with E-state index in [1.54, 1.807) is 18.3 Å². The molecule has 0 spiro atoms. The van der Waals surface area contributed by atoms with Gasteiger partial charge in [0.15, 0.2) is 12.1 Å². The van der Waals surface area contributed by atoms with E-state index < -0.39 is 23.8 Å². The van der Waals surface area contributed by atoms with Gasteiger partial charge in [-0.1, -0.05) is 0 Å². The van der Waals surface area contributed by atoms with E-state index in [9.17, 15) is 13.6 Å². The molecule has 23 heavy (non-hydrogen) atoms. The molecular weight excluding hydrogens is 306 g/mol. The molecule has 3 rings (SSSR count). The van der Waals surface area contributed by atoms with Crippen LogP contribution in [0.3, 0.4) is 0 Å². The number of carbonyl (C=O) groups is 1. The van der Waals surface area contributed by atoms with Crippen LogP contribution in [0.1, 0.15) is 41.9 Å². The molecule has 1 saturated heterocycles. The summed E-state index contributed by atoms with van der Waals surface area (Å²) in [5.41, 5.74) is -0.185. The highest BCUT2D eigenvalue weighted by Crippen LogP contribution is 2.24. The maximum Gasteiger partial charge on any atom is 0.293 e. The Morgan fingerprint density at radius 1 is 1.26 bits per heavy atom. The van der Waals surface area contributed by atoms with Crippen LogP contribution in [0.25, 0.3) is 0 Å². The molecule has 1 fully saturated rings. The van der Waals surface area contributed by atoms with Crippen LogP contribution in [0.5, 0.6) is 0 Å². The number of nitrogens with zero attached hydrogens (tertiary/aromatic N) is 3. The molecule has 0 aliphatic carbocycles. The van der Waals surface area contributed by atoms with E-state index in [4.69, 9.17) is 4.42 Å². The van der Waals surface area contributed by atoms with Crippen molar-refractivity contribution in [3.8, 4) is 0 Å². The summed E-state index contributed by atoms with van der Waals surface area (Å²) in [6, 6.07) is 3.32. The summed E-state index contributed by atoms with van der Waals surface area (Å²) in [7, 11) is 0. The Morgan fingerprint density at radius 2 is 2.04 bits per heavy atom. The second-order valence-corrected chi connectivity index (χ2v) is 5.27. The topological polar surface area (TPSA) is 71.3 Å². The molecule has 0 saturated carbocycles. The molecule has 1 aliphatic heterocycles. The van der Waals surface area contributed by atoms with Gasteiger partial charge in [-0.15, -0.1) is 0 Å². The minimum atomic E-state index is -2.86. The molecule has 3 heterocycles. The first kappa shape index (κ1) is 15.4. The number of pyridine rings is 1. The van der Waals surface area contributed by atoms with Crippen molar-refractivity contribution in [3.63, 3.8) is 0 Å². The van der Waals surface area contributed by atoms with E-state index in [0.29, 0.717) is 5.69 Å². The van der Waals surface area contributed by atoms with Crippen molar-refractivity contribution >= 4 is 17.4 Å². The summed E-state index contributed by atoms with van der Waals surface area (Å²) in [4.78, 5) is 21.9. The average molecular weight is 322 g/mol. The molecule has 2 aromatic rings. The second kappa shape index (κ2) is 6.72. The first-order valence-corrected chi connectivity index (χ1v) is 7.39. The quantitative estimate of drug-likeness (QED) is 0.935. The standard InChI is InChI=1S/C15H16F2N4O2/c16-14(17)12-13(23-9-19-12)15(22)20-10-4-5-18-11(8-10)21-6-2-1-3-7-21/h4-5,8-9,14H,1-3,6-7H2,(H,18,20,22). The van der Waals surface area contributed by atoms with E-state index in [0.717, 1.165) is 38.1 Å². The monoisotopic (exact) mass is 322 g/mol. The number of anilines is 2. The summed E-state index contributed by atoms with van der Waals surface area (Å²) in [5, 5.41) is 2.55. The third kappa shape index (κ3) is 3.46. The third-order valence-corrected chi connectivity index (χ3v) is 3.69. The number of halogens is 2. The van der Waals surface area contributed by atoms with Crippen molar-refractivity contribution < 1.29 is 18.0 Å². The van der Waals surface area contributed by atoms with Crippen molar-refractivity contribution in [1.29, 1.82) is 0 Å². The van der Waals surface area contributed by atoms with Crippen molar-refractivity contribution in [3.05, 3.63) is 36.2 Å². The maximum absolute atomic E-state index is 12.7. The Morgan fingerprint density at radius 3 is 2.78 bits per heavy atom. The van der Waals surface area contributed by atoms with Crippen molar-refractivity contribution in [1.82, 2.24) is 9.97 Å². The van der Waals surface area contributed by atoms with Crippen LogP contribution in [0.2, 0.25) is 0 Å². The minimum Gasteiger partial charge on any atom is -0.438 e. The van der Waals surface area contributed by atoms with Crippen LogP contribution in [-0.4, -0.2) is 29.0 Å². The molecule has 2 aromatic heterocycles. The van der Waals surface area contributed by atoms with Crippen LogP contribution in [0.15, 0.2) is 29.1 Å². The summed E-state index contributed by atoms with van der Waals surface area (Å²) in [6.45, 7) is 1.84. The third-order valence-electron chi connectivity index (χ3n) is 3.69. The lowest BCUT2D eigenvalue weighted by Gasteiger charge is -2.27. The number of hydrogen-bond donors (Lipinski definition) is 1. The Balaban J connectivity index is 1.74. The molecule has 1 N–H and O–H groups in total. The van der Waals surface area contributed by atoms with E-state index in [1.807, 2.05) is 0 Å². The number of amides is 1. The molecule has 122 valence electrons. The number of rotatable bonds is 4. The van der Waals surface area contributed by atoms with Crippen LogP contribution < -0.4 is 10.2 Å². The molecule has 0 atom stereocenters. The smallest absolute Gasteiger partial charge is 0.293 e. The zero-order chi connectivity index (χ0) is 16.2. The van der Waals surface area contributed by atoms with E-state index in [1.165, 1.54) is 6.42 Å². The number of oxazole rings is 1. The van der Waals surface area contributed by atoms with Crippen LogP contribution >= 0.6 is 0 Å². The summed E-state index contributed by atoms with van der Waals surface area (Å²) < 4.78 is 30.3. The SMILES string of the molecule is O=C(Nc1ccnc(N2CCCCC2)c1)c1ocnc1C(F)F. The van der Waals surface area contributed by atoms with Crippen LogP contribution in [0.4, 0.5) is 20.3 Å². The van der Waals surface area contributed by atoms with E-state index >= 15 is 0 Å². The summed E-state index contributed by atoms with van der Waals surface area (Å²) in [6.07, 6.45) is 2.96.